The van der Waals surface area contributed by atoms with E-state index in [4.69, 9.17) is 9.47 Å². The summed E-state index contributed by atoms with van der Waals surface area (Å²) < 4.78 is 10.7. The number of hydrogen-bond donors (Lipinski definition) is 3. The maximum Gasteiger partial charge on any atom is 0.408 e. The largest absolute Gasteiger partial charge is 0.497 e. The number of benzene rings is 1. The third kappa shape index (κ3) is 7.26. The van der Waals surface area contributed by atoms with E-state index in [0.717, 1.165) is 19.3 Å². The number of rotatable bonds is 5. The van der Waals surface area contributed by atoms with Crippen LogP contribution in [0.1, 0.15) is 71.8 Å². The molecule has 14 heteroatoms. The molecule has 1 aromatic heterocycles. The Morgan fingerprint density at radius 3 is 2.71 bits per heavy atom. The fraction of sp³-hybridized carbons (Fsp3) is 0.581. The lowest BCUT2D eigenvalue weighted by Gasteiger charge is -2.30. The zero-order valence-electron chi connectivity index (χ0n) is 26.1. The molecule has 0 bridgehead atoms. The zero-order valence-corrected chi connectivity index (χ0v) is 26.1. The van der Waals surface area contributed by atoms with E-state index in [2.05, 4.69) is 26.0 Å². The second kappa shape index (κ2) is 12.9. The number of carboxylic acid groups (broad SMARTS) is 1. The van der Waals surface area contributed by atoms with E-state index in [1.165, 1.54) is 9.70 Å². The molecule has 14 nitrogen and oxygen atoms in total. The molecule has 1 saturated heterocycles. The Labute approximate surface area is 261 Å². The smallest absolute Gasteiger partial charge is 0.408 e. The summed E-state index contributed by atoms with van der Waals surface area (Å²) in [4.78, 5) is 55.9. The third-order valence-electron chi connectivity index (χ3n) is 8.41. The van der Waals surface area contributed by atoms with Crippen LogP contribution in [-0.4, -0.2) is 91.0 Å². The number of methoxy groups -OCH3 is 1. The summed E-state index contributed by atoms with van der Waals surface area (Å²) in [7, 11) is 1.56. The summed E-state index contributed by atoms with van der Waals surface area (Å²) in [6.07, 6.45) is 6.88. The van der Waals surface area contributed by atoms with Crippen molar-refractivity contribution in [2.75, 3.05) is 13.7 Å². The van der Waals surface area contributed by atoms with Crippen molar-refractivity contribution in [3.05, 3.63) is 36.4 Å². The molecule has 5 atom stereocenters. The van der Waals surface area contributed by atoms with Gasteiger partial charge in [-0.2, -0.15) is 4.80 Å². The van der Waals surface area contributed by atoms with Gasteiger partial charge in [-0.05, 0) is 63.8 Å². The molecule has 2 fully saturated rings. The summed E-state index contributed by atoms with van der Waals surface area (Å²) in [6, 6.07) is 4.69. The van der Waals surface area contributed by atoms with Crippen molar-refractivity contribution >= 4 is 23.9 Å². The highest BCUT2D eigenvalue weighted by molar-refractivity contribution is 5.96. The molecule has 0 spiro atoms. The second-order valence-corrected chi connectivity index (χ2v) is 12.9. The summed E-state index contributed by atoms with van der Waals surface area (Å²) >= 11 is 0. The van der Waals surface area contributed by atoms with Crippen LogP contribution in [0.25, 0.3) is 11.4 Å². The number of hydrogen-bond acceptors (Lipinski definition) is 9. The van der Waals surface area contributed by atoms with Gasteiger partial charge in [0.2, 0.25) is 17.6 Å². The predicted molar refractivity (Wildman–Crippen MR) is 161 cm³/mol. The van der Waals surface area contributed by atoms with Gasteiger partial charge in [0.15, 0.2) is 0 Å². The van der Waals surface area contributed by atoms with Crippen LogP contribution >= 0.6 is 0 Å². The van der Waals surface area contributed by atoms with Crippen molar-refractivity contribution in [3.63, 3.8) is 0 Å². The van der Waals surface area contributed by atoms with Crippen LogP contribution < -0.4 is 15.4 Å². The van der Waals surface area contributed by atoms with Crippen LogP contribution in [0.15, 0.2) is 36.4 Å². The number of aromatic nitrogens is 4. The number of alkyl carbamates (subject to hydrolysis) is 1. The number of nitrogens with zero attached hydrogens (tertiary/aromatic N) is 5. The van der Waals surface area contributed by atoms with Gasteiger partial charge in [-0.3, -0.25) is 9.59 Å². The summed E-state index contributed by atoms with van der Waals surface area (Å²) in [5.74, 6) is -1.52. The fourth-order valence-corrected chi connectivity index (χ4v) is 5.95. The monoisotopic (exact) mass is 623 g/mol. The van der Waals surface area contributed by atoms with E-state index in [1.807, 2.05) is 18.2 Å². The van der Waals surface area contributed by atoms with Gasteiger partial charge in [0, 0.05) is 24.4 Å². The highest BCUT2D eigenvalue weighted by atomic mass is 16.6. The highest BCUT2D eigenvalue weighted by Crippen LogP contribution is 2.45. The molecule has 1 aliphatic carbocycles. The number of ether oxygens (including phenoxy) is 2. The lowest BCUT2D eigenvalue weighted by Crippen LogP contribution is -2.56. The minimum Gasteiger partial charge on any atom is -0.497 e. The van der Waals surface area contributed by atoms with E-state index in [1.54, 1.807) is 46.1 Å². The van der Waals surface area contributed by atoms with Gasteiger partial charge in [0.1, 0.15) is 29.0 Å². The average Bonchev–Trinajstić information content (AvgIpc) is 3.31. The van der Waals surface area contributed by atoms with Crippen LogP contribution in [0.3, 0.4) is 0 Å². The Morgan fingerprint density at radius 2 is 1.98 bits per heavy atom. The number of allylic oxidation sites excluding steroid dienone is 1. The average molecular weight is 624 g/mol. The molecule has 3 aliphatic rings. The molecule has 242 valence electrons. The van der Waals surface area contributed by atoms with Crippen molar-refractivity contribution in [3.8, 4) is 17.1 Å². The minimum absolute atomic E-state index is 0.0563. The molecule has 0 unspecified atom stereocenters. The molecule has 1 saturated carbocycles. The van der Waals surface area contributed by atoms with Gasteiger partial charge in [-0.25, -0.2) is 9.59 Å². The van der Waals surface area contributed by atoms with E-state index in [9.17, 15) is 24.3 Å². The summed E-state index contributed by atoms with van der Waals surface area (Å²) in [6.45, 7) is 5.26. The Balaban J connectivity index is 1.44. The quantitative estimate of drug-likeness (QED) is 0.420. The van der Waals surface area contributed by atoms with Crippen LogP contribution in [0.5, 0.6) is 5.75 Å². The van der Waals surface area contributed by atoms with Crippen molar-refractivity contribution in [2.45, 2.75) is 95.0 Å². The Morgan fingerprint density at radius 1 is 1.18 bits per heavy atom. The Hall–Kier alpha value is -4.49. The van der Waals surface area contributed by atoms with Gasteiger partial charge in [0.25, 0.3) is 0 Å². The lowest BCUT2D eigenvalue weighted by molar-refractivity contribution is -0.145. The number of carboxylic acids is 1. The highest BCUT2D eigenvalue weighted by Gasteiger charge is 2.61. The van der Waals surface area contributed by atoms with E-state index in [0.29, 0.717) is 30.0 Å². The van der Waals surface area contributed by atoms with Gasteiger partial charge in [0.05, 0.1) is 13.2 Å². The maximum absolute atomic E-state index is 14.2. The van der Waals surface area contributed by atoms with Gasteiger partial charge >= 0.3 is 12.1 Å². The molecule has 1 aromatic carbocycles. The molecule has 2 aromatic rings. The second-order valence-electron chi connectivity index (χ2n) is 12.9. The van der Waals surface area contributed by atoms with E-state index in [-0.39, 0.29) is 25.3 Å². The normalized spacial score (nSPS) is 28.0. The van der Waals surface area contributed by atoms with E-state index < -0.39 is 53.1 Å². The van der Waals surface area contributed by atoms with E-state index >= 15 is 0 Å². The number of aliphatic carboxylic acids is 1. The molecular weight excluding hydrogens is 582 g/mol. The van der Waals surface area contributed by atoms with Gasteiger partial charge in [-0.15, -0.1) is 10.2 Å². The van der Waals surface area contributed by atoms with Crippen molar-refractivity contribution in [2.24, 2.45) is 5.92 Å². The van der Waals surface area contributed by atoms with Crippen LogP contribution in [0.4, 0.5) is 4.79 Å². The minimum atomic E-state index is -1.43. The fourth-order valence-electron chi connectivity index (χ4n) is 5.95. The SMILES string of the molecule is COc1cccc(-c2nnn([C@H]3C[C@H]4C(=O)N[C@@]5(C(=O)O)C[C@H]5/C=C\CCCCC[C@H](NC(=O)OC(C)(C)C)C(=O)N4C3)n2)c1. The first-order chi connectivity index (χ1) is 21.4. The van der Waals surface area contributed by atoms with Crippen LogP contribution in [0, 0.1) is 5.92 Å². The maximum atomic E-state index is 14.2. The zero-order chi connectivity index (χ0) is 32.4. The lowest BCUT2D eigenvalue weighted by atomic mass is 10.0. The predicted octanol–water partition coefficient (Wildman–Crippen LogP) is 2.86. The molecule has 3 heterocycles. The van der Waals surface area contributed by atoms with Crippen molar-refractivity contribution in [1.29, 1.82) is 0 Å². The van der Waals surface area contributed by atoms with Crippen molar-refractivity contribution < 1.29 is 33.8 Å². The molecule has 2 aliphatic heterocycles. The number of fused-ring (bicyclic) bond motifs is 2. The van der Waals surface area contributed by atoms with Gasteiger partial charge in [-0.1, -0.05) is 37.1 Å². The number of amides is 3. The van der Waals surface area contributed by atoms with Crippen LogP contribution in [0.2, 0.25) is 0 Å². The number of nitrogens with one attached hydrogen (secondary N) is 2. The molecule has 45 heavy (non-hydrogen) atoms. The molecular formula is C31H41N7O7. The summed E-state index contributed by atoms with van der Waals surface area (Å²) in [5, 5.41) is 28.5. The third-order valence-corrected chi connectivity index (χ3v) is 8.41. The topological polar surface area (TPSA) is 178 Å². The number of tetrazole rings is 1. The summed E-state index contributed by atoms with van der Waals surface area (Å²) in [5.41, 5.74) is -1.52. The molecule has 3 N–H and O–H groups in total. The Kier molecular flexibility index (Phi) is 9.12. The van der Waals surface area contributed by atoms with Crippen molar-refractivity contribution in [1.82, 2.24) is 35.7 Å². The molecule has 0 radical (unpaired) electrons. The first-order valence-electron chi connectivity index (χ1n) is 15.4. The molecule has 5 rings (SSSR count). The van der Waals surface area contributed by atoms with Gasteiger partial charge < -0.3 is 30.1 Å². The van der Waals surface area contributed by atoms with Crippen LogP contribution in [-0.2, 0) is 19.1 Å². The number of carbonyl (C=O) groups is 4. The first-order valence-corrected chi connectivity index (χ1v) is 15.4. The number of carbonyl (C=O) groups excluding carboxylic acids is 3. The standard InChI is InChI=1S/C31H41N7O7/c1-30(2,3)45-29(43)32-23-14-9-7-5-6-8-12-20-17-31(20,28(41)42)33-26(39)24-16-21(18-37(24)27(23)40)38-35-25(34-36-38)19-11-10-13-22(15-19)44-4/h8,10-13,15,20-21,23-24H,5-7,9,14,16-18H2,1-4H3,(H,32,43)(H,33,39)(H,41,42)/b12-8-/t20-,21+,23+,24+,31+/m1/s1. The molecule has 3 amide bonds. The first kappa shape index (κ1) is 31.9. The Bertz CT molecular complexity index is 1470.